The molecular weight excluding hydrogens is 364 g/mol. The Hall–Kier alpha value is -2.38. The molecule has 1 saturated heterocycles. The Labute approximate surface area is 160 Å². The molecule has 1 amide bonds. The van der Waals surface area contributed by atoms with E-state index < -0.39 is 10.0 Å². The molecule has 0 spiro atoms. The second-order valence-corrected chi connectivity index (χ2v) is 8.21. The number of anilines is 1. The van der Waals surface area contributed by atoms with Crippen LogP contribution in [0.25, 0.3) is 0 Å². The molecular formula is C20H24N2O4S. The highest BCUT2D eigenvalue weighted by Gasteiger charge is 2.24. The summed E-state index contributed by atoms with van der Waals surface area (Å²) in [6, 6.07) is 13.5. The van der Waals surface area contributed by atoms with Crippen molar-refractivity contribution in [2.75, 3.05) is 18.6 Å². The molecule has 3 rings (SSSR count). The Morgan fingerprint density at radius 2 is 1.78 bits per heavy atom. The zero-order valence-electron chi connectivity index (χ0n) is 15.5. The van der Waals surface area contributed by atoms with Crippen LogP contribution in [-0.2, 0) is 14.8 Å². The van der Waals surface area contributed by atoms with Crippen molar-refractivity contribution >= 4 is 21.6 Å². The highest BCUT2D eigenvalue weighted by Crippen LogP contribution is 2.25. The van der Waals surface area contributed by atoms with Crippen molar-refractivity contribution in [3.05, 3.63) is 54.1 Å². The maximum atomic E-state index is 12.8. The van der Waals surface area contributed by atoms with Gasteiger partial charge in [0.1, 0.15) is 5.75 Å². The maximum Gasteiger partial charge on any atom is 0.241 e. The zero-order valence-corrected chi connectivity index (χ0v) is 16.3. The van der Waals surface area contributed by atoms with Crippen LogP contribution in [0.1, 0.15) is 37.8 Å². The van der Waals surface area contributed by atoms with Crippen LogP contribution < -0.4 is 14.4 Å². The Morgan fingerprint density at radius 3 is 2.30 bits per heavy atom. The van der Waals surface area contributed by atoms with Crippen molar-refractivity contribution in [2.24, 2.45) is 0 Å². The molecule has 1 atom stereocenters. The molecule has 1 heterocycles. The van der Waals surface area contributed by atoms with Crippen molar-refractivity contribution in [3.8, 4) is 5.75 Å². The number of carbonyl (C=O) groups excluding carboxylic acids is 1. The van der Waals surface area contributed by atoms with Crippen LogP contribution in [0.15, 0.2) is 53.4 Å². The average Bonchev–Trinajstić information content (AvgIpc) is 3.12. The third-order valence-corrected chi connectivity index (χ3v) is 6.24. The lowest BCUT2D eigenvalue weighted by Crippen LogP contribution is -2.28. The lowest BCUT2D eigenvalue weighted by atomic mass is 10.1. The first-order valence-electron chi connectivity index (χ1n) is 9.01. The van der Waals surface area contributed by atoms with Gasteiger partial charge < -0.3 is 9.64 Å². The normalized spacial score (nSPS) is 15.8. The lowest BCUT2D eigenvalue weighted by Gasteiger charge is -2.19. The van der Waals surface area contributed by atoms with Crippen molar-refractivity contribution in [3.63, 3.8) is 0 Å². The Morgan fingerprint density at radius 1 is 1.11 bits per heavy atom. The highest BCUT2D eigenvalue weighted by molar-refractivity contribution is 7.89. The molecule has 1 N–H and O–H groups in total. The second kappa shape index (κ2) is 8.10. The minimum Gasteiger partial charge on any atom is -0.497 e. The summed E-state index contributed by atoms with van der Waals surface area (Å²) in [5, 5.41) is 0. The molecule has 7 heteroatoms. The number of sulfonamides is 1. The maximum absolute atomic E-state index is 12.8. The number of rotatable bonds is 7. The first kappa shape index (κ1) is 19.4. The molecule has 2 aromatic carbocycles. The van der Waals surface area contributed by atoms with E-state index in [2.05, 4.69) is 4.72 Å². The number of methoxy groups -OCH3 is 1. The number of nitrogens with zero attached hydrogens (tertiary/aromatic N) is 1. The molecule has 1 aliphatic rings. The molecule has 0 unspecified atom stereocenters. The van der Waals surface area contributed by atoms with Crippen molar-refractivity contribution in [2.45, 2.75) is 37.1 Å². The zero-order chi connectivity index (χ0) is 19.4. The third-order valence-electron chi connectivity index (χ3n) is 4.76. The van der Waals surface area contributed by atoms with Crippen molar-refractivity contribution in [1.82, 2.24) is 4.72 Å². The van der Waals surface area contributed by atoms with E-state index in [1.165, 1.54) is 0 Å². The van der Waals surface area contributed by atoms with Gasteiger partial charge in [0, 0.05) is 24.7 Å². The van der Waals surface area contributed by atoms with Gasteiger partial charge >= 0.3 is 0 Å². The van der Waals surface area contributed by atoms with Gasteiger partial charge in [-0.3, -0.25) is 4.79 Å². The van der Waals surface area contributed by atoms with Crippen LogP contribution >= 0.6 is 0 Å². The number of amides is 1. The standard InChI is InChI=1S/C20H24N2O4S/c1-3-19(15-6-10-17(26-2)11-7-15)21-27(24,25)18-12-8-16(9-13-18)22-14-4-5-20(22)23/h6-13,19,21H,3-5,14H2,1-2H3/t19-/m1/s1. The predicted molar refractivity (Wildman–Crippen MR) is 104 cm³/mol. The fourth-order valence-electron chi connectivity index (χ4n) is 3.21. The minimum absolute atomic E-state index is 0.0780. The molecule has 1 fully saturated rings. The number of hydrogen-bond acceptors (Lipinski definition) is 4. The minimum atomic E-state index is -3.67. The van der Waals surface area contributed by atoms with Crippen LogP contribution in [0.5, 0.6) is 5.75 Å². The van der Waals surface area contributed by atoms with Gasteiger partial charge in [0.25, 0.3) is 0 Å². The van der Waals surface area contributed by atoms with E-state index in [1.54, 1.807) is 36.3 Å². The molecule has 2 aromatic rings. The van der Waals surface area contributed by atoms with Crippen molar-refractivity contribution < 1.29 is 17.9 Å². The van der Waals surface area contributed by atoms with Gasteiger partial charge in [0.05, 0.1) is 12.0 Å². The fraction of sp³-hybridized carbons (Fsp3) is 0.350. The van der Waals surface area contributed by atoms with E-state index >= 15 is 0 Å². The van der Waals surface area contributed by atoms with E-state index in [0.717, 1.165) is 23.4 Å². The Balaban J connectivity index is 1.77. The van der Waals surface area contributed by atoms with Gasteiger partial charge in [-0.2, -0.15) is 0 Å². The Bertz CT molecular complexity index is 893. The highest BCUT2D eigenvalue weighted by atomic mass is 32.2. The number of benzene rings is 2. The Kier molecular flexibility index (Phi) is 5.82. The summed E-state index contributed by atoms with van der Waals surface area (Å²) in [5.74, 6) is 0.804. The van der Waals surface area contributed by atoms with E-state index in [1.807, 2.05) is 31.2 Å². The van der Waals surface area contributed by atoms with Gasteiger partial charge in [-0.05, 0) is 54.8 Å². The monoisotopic (exact) mass is 388 g/mol. The molecule has 1 aliphatic heterocycles. The van der Waals surface area contributed by atoms with E-state index in [-0.39, 0.29) is 16.8 Å². The summed E-state index contributed by atoms with van der Waals surface area (Å²) in [6.45, 7) is 2.61. The summed E-state index contributed by atoms with van der Waals surface area (Å²) in [6.07, 6.45) is 1.99. The topological polar surface area (TPSA) is 75.7 Å². The number of carbonyl (C=O) groups is 1. The van der Waals surface area contributed by atoms with Gasteiger partial charge in [0.15, 0.2) is 0 Å². The number of ether oxygens (including phenoxy) is 1. The summed E-state index contributed by atoms with van der Waals surface area (Å²) in [7, 11) is -2.08. The molecule has 0 bridgehead atoms. The van der Waals surface area contributed by atoms with Crippen LogP contribution in [0.4, 0.5) is 5.69 Å². The van der Waals surface area contributed by atoms with Gasteiger partial charge in [-0.25, -0.2) is 13.1 Å². The first-order valence-corrected chi connectivity index (χ1v) is 10.5. The summed E-state index contributed by atoms with van der Waals surface area (Å²) >= 11 is 0. The average molecular weight is 388 g/mol. The summed E-state index contributed by atoms with van der Waals surface area (Å²) < 4.78 is 33.5. The van der Waals surface area contributed by atoms with Gasteiger partial charge in [-0.1, -0.05) is 19.1 Å². The summed E-state index contributed by atoms with van der Waals surface area (Å²) in [5.41, 5.74) is 1.61. The molecule has 0 saturated carbocycles. The molecule has 27 heavy (non-hydrogen) atoms. The van der Waals surface area contributed by atoms with Gasteiger partial charge in [0.2, 0.25) is 15.9 Å². The van der Waals surface area contributed by atoms with E-state index in [4.69, 9.17) is 4.74 Å². The quantitative estimate of drug-likeness (QED) is 0.790. The molecule has 144 valence electrons. The lowest BCUT2D eigenvalue weighted by molar-refractivity contribution is -0.117. The van der Waals surface area contributed by atoms with E-state index in [0.29, 0.717) is 19.4 Å². The second-order valence-electron chi connectivity index (χ2n) is 6.50. The third kappa shape index (κ3) is 4.31. The first-order chi connectivity index (χ1) is 12.9. The largest absolute Gasteiger partial charge is 0.497 e. The molecule has 0 radical (unpaired) electrons. The number of hydrogen-bond donors (Lipinski definition) is 1. The SMILES string of the molecule is CC[C@@H](NS(=O)(=O)c1ccc(N2CCCC2=O)cc1)c1ccc(OC)cc1. The van der Waals surface area contributed by atoms with E-state index in [9.17, 15) is 13.2 Å². The number of nitrogens with one attached hydrogen (secondary N) is 1. The fourth-order valence-corrected chi connectivity index (χ4v) is 4.51. The van der Waals surface area contributed by atoms with Crippen LogP contribution in [0.2, 0.25) is 0 Å². The molecule has 6 nitrogen and oxygen atoms in total. The predicted octanol–water partition coefficient (Wildman–Crippen LogP) is 3.25. The van der Waals surface area contributed by atoms with Crippen molar-refractivity contribution in [1.29, 1.82) is 0 Å². The summed E-state index contributed by atoms with van der Waals surface area (Å²) in [4.78, 5) is 13.7. The van der Waals surface area contributed by atoms with Crippen LogP contribution in [-0.4, -0.2) is 28.0 Å². The van der Waals surface area contributed by atoms with Crippen LogP contribution in [0.3, 0.4) is 0 Å². The smallest absolute Gasteiger partial charge is 0.241 e. The van der Waals surface area contributed by atoms with Crippen LogP contribution in [0, 0.1) is 0 Å². The molecule has 0 aliphatic carbocycles. The molecule has 0 aromatic heterocycles. The van der Waals surface area contributed by atoms with Gasteiger partial charge in [-0.15, -0.1) is 0 Å².